The number of anilines is 1. The Balaban J connectivity index is 1.89. The van der Waals surface area contributed by atoms with Crippen molar-refractivity contribution < 1.29 is 8.78 Å². The number of halogens is 2. The highest BCUT2D eigenvalue weighted by atomic mass is 19.2. The second kappa shape index (κ2) is 6.39. The molecule has 116 valence electrons. The van der Waals surface area contributed by atoms with E-state index in [1.54, 1.807) is 0 Å². The van der Waals surface area contributed by atoms with E-state index in [9.17, 15) is 13.6 Å². The van der Waals surface area contributed by atoms with Crippen molar-refractivity contribution in [3.63, 3.8) is 0 Å². The Morgan fingerprint density at radius 3 is 2.57 bits per heavy atom. The van der Waals surface area contributed by atoms with Gasteiger partial charge in [-0.15, -0.1) is 0 Å². The van der Waals surface area contributed by atoms with Crippen molar-refractivity contribution in [3.8, 4) is 5.69 Å². The van der Waals surface area contributed by atoms with E-state index in [1.807, 2.05) is 30.3 Å². The van der Waals surface area contributed by atoms with E-state index in [2.05, 4.69) is 10.3 Å². The summed E-state index contributed by atoms with van der Waals surface area (Å²) in [6, 6.07) is 12.8. The van der Waals surface area contributed by atoms with Gasteiger partial charge in [-0.25, -0.2) is 13.8 Å². The third kappa shape index (κ3) is 3.26. The molecule has 6 heteroatoms. The van der Waals surface area contributed by atoms with Crippen LogP contribution in [0.5, 0.6) is 0 Å². The van der Waals surface area contributed by atoms with Gasteiger partial charge in [-0.2, -0.15) is 0 Å². The average Bonchev–Trinajstić information content (AvgIpc) is 2.57. The largest absolute Gasteiger partial charge is 0.361 e. The molecule has 0 atom stereocenters. The summed E-state index contributed by atoms with van der Waals surface area (Å²) in [5, 5.41) is 2.95. The molecular formula is C17H13F2N3O. The molecule has 0 saturated heterocycles. The zero-order valence-corrected chi connectivity index (χ0v) is 12.0. The molecule has 23 heavy (non-hydrogen) atoms. The molecule has 0 fully saturated rings. The van der Waals surface area contributed by atoms with Crippen LogP contribution in [0.4, 0.5) is 14.6 Å². The Morgan fingerprint density at radius 2 is 1.83 bits per heavy atom. The van der Waals surface area contributed by atoms with Crippen molar-refractivity contribution in [2.75, 3.05) is 5.32 Å². The van der Waals surface area contributed by atoms with Crippen LogP contribution >= 0.6 is 0 Å². The quantitative estimate of drug-likeness (QED) is 0.805. The number of benzene rings is 2. The van der Waals surface area contributed by atoms with Crippen LogP contribution in [0.1, 0.15) is 5.56 Å². The van der Waals surface area contributed by atoms with Crippen LogP contribution in [-0.4, -0.2) is 9.55 Å². The van der Waals surface area contributed by atoms with Crippen LogP contribution in [0, 0.1) is 11.6 Å². The van der Waals surface area contributed by atoms with Gasteiger partial charge in [-0.3, -0.25) is 9.36 Å². The number of rotatable bonds is 4. The molecule has 3 aromatic rings. The molecular weight excluding hydrogens is 300 g/mol. The van der Waals surface area contributed by atoms with Gasteiger partial charge in [0.05, 0.1) is 5.69 Å². The predicted octanol–water partition coefficient (Wildman–Crippen LogP) is 3.12. The maximum atomic E-state index is 13.3. The minimum absolute atomic E-state index is 0.140. The molecule has 3 rings (SSSR count). The summed E-state index contributed by atoms with van der Waals surface area (Å²) in [5.41, 5.74) is 0.797. The first-order chi connectivity index (χ1) is 11.1. The van der Waals surface area contributed by atoms with Gasteiger partial charge in [0, 0.05) is 25.0 Å². The fourth-order valence-electron chi connectivity index (χ4n) is 2.15. The summed E-state index contributed by atoms with van der Waals surface area (Å²) in [6.45, 7) is 0.435. The normalized spacial score (nSPS) is 10.5. The second-order valence-corrected chi connectivity index (χ2v) is 4.89. The second-order valence-electron chi connectivity index (χ2n) is 4.89. The first-order valence-electron chi connectivity index (χ1n) is 6.96. The average molecular weight is 313 g/mol. The third-order valence-electron chi connectivity index (χ3n) is 3.32. The van der Waals surface area contributed by atoms with Gasteiger partial charge in [-0.1, -0.05) is 30.3 Å². The first-order valence-corrected chi connectivity index (χ1v) is 6.96. The molecule has 4 nitrogen and oxygen atoms in total. The van der Waals surface area contributed by atoms with Crippen molar-refractivity contribution in [2.24, 2.45) is 0 Å². The number of nitrogens with one attached hydrogen (secondary N) is 1. The maximum absolute atomic E-state index is 13.3. The fraction of sp³-hybridized carbons (Fsp3) is 0.0588. The van der Waals surface area contributed by atoms with Crippen LogP contribution in [0.2, 0.25) is 0 Å². The topological polar surface area (TPSA) is 46.9 Å². The highest BCUT2D eigenvalue weighted by molar-refractivity contribution is 5.39. The van der Waals surface area contributed by atoms with Crippen LogP contribution in [0.15, 0.2) is 65.7 Å². The third-order valence-corrected chi connectivity index (χ3v) is 3.32. The van der Waals surface area contributed by atoms with Gasteiger partial charge in [0.25, 0.3) is 5.56 Å². The Labute approximate surface area is 131 Å². The van der Waals surface area contributed by atoms with Crippen molar-refractivity contribution in [3.05, 3.63) is 88.5 Å². The van der Waals surface area contributed by atoms with E-state index in [0.29, 0.717) is 6.54 Å². The summed E-state index contributed by atoms with van der Waals surface area (Å²) in [7, 11) is 0. The lowest BCUT2D eigenvalue weighted by Crippen LogP contribution is -2.23. The number of nitrogens with zero attached hydrogens (tertiary/aromatic N) is 2. The molecule has 0 amide bonds. The van der Waals surface area contributed by atoms with E-state index in [1.165, 1.54) is 23.0 Å². The summed E-state index contributed by atoms with van der Waals surface area (Å²) >= 11 is 0. The Bertz CT molecular complexity index is 879. The van der Waals surface area contributed by atoms with Crippen LogP contribution in [0.25, 0.3) is 5.69 Å². The zero-order valence-electron chi connectivity index (χ0n) is 12.0. The van der Waals surface area contributed by atoms with Gasteiger partial charge in [0.1, 0.15) is 0 Å². The minimum Gasteiger partial charge on any atom is -0.361 e. The highest BCUT2D eigenvalue weighted by Crippen LogP contribution is 2.12. The van der Waals surface area contributed by atoms with Crippen molar-refractivity contribution >= 4 is 5.82 Å². The maximum Gasteiger partial charge on any atom is 0.297 e. The van der Waals surface area contributed by atoms with Gasteiger partial charge in [0.15, 0.2) is 17.5 Å². The molecule has 1 heterocycles. The minimum atomic E-state index is -1.01. The highest BCUT2D eigenvalue weighted by Gasteiger charge is 2.09. The molecule has 0 saturated carbocycles. The standard InChI is InChI=1S/C17H13F2N3O/c18-14-7-6-13(10-15(14)19)22-9-8-20-16(17(22)23)21-11-12-4-2-1-3-5-12/h1-10H,11H2,(H,20,21). The molecule has 1 N–H and O–H groups in total. The van der Waals surface area contributed by atoms with E-state index in [-0.39, 0.29) is 11.5 Å². The van der Waals surface area contributed by atoms with Gasteiger partial charge >= 0.3 is 0 Å². The lowest BCUT2D eigenvalue weighted by Gasteiger charge is -2.09. The lowest BCUT2D eigenvalue weighted by atomic mass is 10.2. The SMILES string of the molecule is O=c1c(NCc2ccccc2)nccn1-c1ccc(F)c(F)c1. The molecule has 0 aliphatic carbocycles. The van der Waals surface area contributed by atoms with Crippen molar-refractivity contribution in [2.45, 2.75) is 6.54 Å². The van der Waals surface area contributed by atoms with E-state index >= 15 is 0 Å². The first kappa shape index (κ1) is 14.9. The molecule has 0 bridgehead atoms. The number of hydrogen-bond donors (Lipinski definition) is 1. The van der Waals surface area contributed by atoms with Crippen LogP contribution in [0.3, 0.4) is 0 Å². The van der Waals surface area contributed by atoms with Crippen LogP contribution in [-0.2, 0) is 6.54 Å². The van der Waals surface area contributed by atoms with Gasteiger partial charge in [-0.05, 0) is 17.7 Å². The summed E-state index contributed by atoms with van der Waals surface area (Å²) in [6.07, 6.45) is 2.83. The number of aromatic nitrogens is 2. The monoisotopic (exact) mass is 313 g/mol. The molecule has 0 radical (unpaired) electrons. The summed E-state index contributed by atoms with van der Waals surface area (Å²) in [4.78, 5) is 16.4. The van der Waals surface area contributed by atoms with Crippen molar-refractivity contribution in [1.29, 1.82) is 0 Å². The Morgan fingerprint density at radius 1 is 1.04 bits per heavy atom. The molecule has 2 aromatic carbocycles. The molecule has 0 unspecified atom stereocenters. The zero-order chi connectivity index (χ0) is 16.2. The predicted molar refractivity (Wildman–Crippen MR) is 83.5 cm³/mol. The van der Waals surface area contributed by atoms with Crippen LogP contribution < -0.4 is 10.9 Å². The molecule has 0 aliphatic rings. The Kier molecular flexibility index (Phi) is 4.14. The van der Waals surface area contributed by atoms with Gasteiger partial charge in [0.2, 0.25) is 0 Å². The lowest BCUT2D eigenvalue weighted by molar-refractivity contribution is 0.508. The summed E-state index contributed by atoms with van der Waals surface area (Å²) in [5.74, 6) is -1.83. The molecule has 0 aliphatic heterocycles. The molecule has 0 spiro atoms. The Hall–Kier alpha value is -3.02. The fourth-order valence-corrected chi connectivity index (χ4v) is 2.15. The van der Waals surface area contributed by atoms with E-state index in [4.69, 9.17) is 0 Å². The van der Waals surface area contributed by atoms with E-state index in [0.717, 1.165) is 17.7 Å². The van der Waals surface area contributed by atoms with Crippen molar-refractivity contribution in [1.82, 2.24) is 9.55 Å². The van der Waals surface area contributed by atoms with E-state index < -0.39 is 17.2 Å². The molecule has 1 aromatic heterocycles. The summed E-state index contributed by atoms with van der Waals surface area (Å²) < 4.78 is 27.6. The smallest absolute Gasteiger partial charge is 0.297 e. The van der Waals surface area contributed by atoms with Gasteiger partial charge < -0.3 is 5.32 Å². The number of hydrogen-bond acceptors (Lipinski definition) is 3.